The lowest BCUT2D eigenvalue weighted by atomic mass is 9.78. The Morgan fingerprint density at radius 1 is 0.915 bits per heavy atom. The first-order valence-corrected chi connectivity index (χ1v) is 26.2. The maximum absolute atomic E-state index is 14.6. The lowest BCUT2D eigenvalue weighted by Gasteiger charge is -2.42. The molecule has 15 nitrogen and oxygen atoms in total. The summed E-state index contributed by atoms with van der Waals surface area (Å²) in [6, 6.07) is -1.11. The summed E-state index contributed by atoms with van der Waals surface area (Å²) in [4.78, 5) is 58.0. The van der Waals surface area contributed by atoms with Crippen molar-refractivity contribution in [1.82, 2.24) is 4.90 Å². The third kappa shape index (κ3) is 16.8. The lowest BCUT2D eigenvalue weighted by Crippen LogP contribution is -2.61. The number of rotatable bonds is 10. The number of aliphatic hydroxyl groups excluding tert-OH is 2. The standard InChI is InChI=1S/C56H87N3O12/c1-11-12-13-19-28-69-46-26-24-42(32-49(46)68-10)31-38(5)48-34-44(58-57)37(4)30-40(7)51(61)52(62)50(60)39(6)29-35(2)20-15-14-16-21-36(3)47(67-9)33-43-25-23-41(8)56(66,71-43)53(63)54(64)59-27-18-17-22-45(59)55(65)70-48/h1,14-16,20-21,30,35,37-39,41-43,45-49,51-52,61-62,66H,12-13,17-19,22-29,31-34,57H2,2-10H3/b16-14+,20-15+,36-21+,40-30+,58-44-/t35-,37-,38-,39-,41-,42+,43+,45+,46-,47+,48+,49-,51-,52+,56-/m1/s1. The van der Waals surface area contributed by atoms with Crippen molar-refractivity contribution in [2.75, 3.05) is 27.4 Å². The quantitative estimate of drug-likeness (QED) is 0.0327. The number of methoxy groups -OCH3 is 2. The summed E-state index contributed by atoms with van der Waals surface area (Å²) in [5, 5.41) is 38.7. The molecule has 2 bridgehead atoms. The molecule has 3 fully saturated rings. The second-order valence-corrected chi connectivity index (χ2v) is 21.0. The van der Waals surface area contributed by atoms with Gasteiger partial charge in [0.25, 0.3) is 11.7 Å². The number of carbonyl (C=O) groups is 4. The van der Waals surface area contributed by atoms with Crippen LogP contribution in [0, 0.1) is 47.9 Å². The molecule has 3 aliphatic heterocycles. The average Bonchev–Trinajstić information content (AvgIpc) is 3.36. The van der Waals surface area contributed by atoms with Crippen LogP contribution in [-0.2, 0) is 42.9 Å². The van der Waals surface area contributed by atoms with E-state index in [-0.39, 0.29) is 49.3 Å². The van der Waals surface area contributed by atoms with Gasteiger partial charge in [-0.15, -0.1) is 12.3 Å². The third-order valence-corrected chi connectivity index (χ3v) is 15.5. The molecule has 0 aromatic rings. The highest BCUT2D eigenvalue weighted by Gasteiger charge is 2.53. The highest BCUT2D eigenvalue weighted by Crippen LogP contribution is 2.38. The van der Waals surface area contributed by atoms with Gasteiger partial charge in [0.2, 0.25) is 5.79 Å². The Morgan fingerprint density at radius 3 is 2.35 bits per heavy atom. The fraction of sp³-hybridized carbons (Fsp3) is 0.732. The van der Waals surface area contributed by atoms with Crippen molar-refractivity contribution in [2.45, 2.75) is 199 Å². The lowest BCUT2D eigenvalue weighted by molar-refractivity contribution is -0.265. The Hall–Kier alpha value is -4.01. The number of fused-ring (bicyclic) bond motifs is 3. The van der Waals surface area contributed by atoms with Crippen LogP contribution in [0.3, 0.4) is 0 Å². The number of ether oxygens (including phenoxy) is 5. The summed E-state index contributed by atoms with van der Waals surface area (Å²) in [6.45, 7) is 13.5. The number of terminal acetylenes is 1. The molecule has 0 unspecified atom stereocenters. The van der Waals surface area contributed by atoms with Gasteiger partial charge in [0.15, 0.2) is 5.78 Å². The molecule has 1 aliphatic carbocycles. The summed E-state index contributed by atoms with van der Waals surface area (Å²) < 4.78 is 30.7. The van der Waals surface area contributed by atoms with Crippen LogP contribution in [0.25, 0.3) is 0 Å². The molecule has 1 saturated carbocycles. The molecule has 0 aromatic heterocycles. The molecule has 0 aromatic carbocycles. The zero-order valence-electron chi connectivity index (χ0n) is 44.1. The average molecular weight is 994 g/mol. The van der Waals surface area contributed by atoms with Gasteiger partial charge >= 0.3 is 5.97 Å². The second kappa shape index (κ2) is 29.0. The molecule has 0 spiro atoms. The number of hydrazone groups is 1. The molecule has 4 rings (SSSR count). The van der Waals surface area contributed by atoms with E-state index < -0.39 is 83.5 Å². The molecule has 1 amide bonds. The summed E-state index contributed by atoms with van der Waals surface area (Å²) in [7, 11) is 3.27. The maximum Gasteiger partial charge on any atom is 0.329 e. The van der Waals surface area contributed by atoms with Crippen LogP contribution in [0.15, 0.2) is 52.7 Å². The van der Waals surface area contributed by atoms with Gasteiger partial charge in [-0.25, -0.2) is 4.79 Å². The molecule has 71 heavy (non-hydrogen) atoms. The number of allylic oxidation sites excluding steroid dienone is 6. The number of carbonyl (C=O) groups excluding carboxylic acids is 4. The van der Waals surface area contributed by atoms with Crippen molar-refractivity contribution in [3.63, 3.8) is 0 Å². The maximum atomic E-state index is 14.6. The van der Waals surface area contributed by atoms with Crippen LogP contribution in [-0.4, -0.2) is 131 Å². The topological polar surface area (TPSA) is 217 Å². The fourth-order valence-electron chi connectivity index (χ4n) is 10.8. The number of hydrogen-bond donors (Lipinski definition) is 4. The van der Waals surface area contributed by atoms with Gasteiger partial charge in [0.1, 0.15) is 24.4 Å². The van der Waals surface area contributed by atoms with Gasteiger partial charge in [-0.3, -0.25) is 14.4 Å². The predicted molar refractivity (Wildman–Crippen MR) is 273 cm³/mol. The number of cyclic esters (lactones) is 1. The number of ketones is 2. The molecule has 2 saturated heterocycles. The van der Waals surface area contributed by atoms with E-state index in [1.54, 1.807) is 41.1 Å². The van der Waals surface area contributed by atoms with Crippen molar-refractivity contribution >= 4 is 29.2 Å². The molecular formula is C56H87N3O12. The summed E-state index contributed by atoms with van der Waals surface area (Å²) in [5.74, 6) is 1.21. The molecule has 398 valence electrons. The number of hydrogen-bond acceptors (Lipinski definition) is 14. The molecule has 0 radical (unpaired) electrons. The number of esters is 1. The Morgan fingerprint density at radius 2 is 1.66 bits per heavy atom. The highest BCUT2D eigenvalue weighted by molar-refractivity contribution is 6.39. The van der Waals surface area contributed by atoms with Gasteiger partial charge in [-0.05, 0) is 120 Å². The van der Waals surface area contributed by atoms with E-state index in [9.17, 15) is 34.5 Å². The normalized spacial score (nSPS) is 38.4. The van der Waals surface area contributed by atoms with E-state index in [2.05, 4.69) is 11.0 Å². The Bertz CT molecular complexity index is 1960. The van der Waals surface area contributed by atoms with Gasteiger partial charge in [-0.2, -0.15) is 5.10 Å². The Labute approximate surface area is 424 Å². The fourth-order valence-corrected chi connectivity index (χ4v) is 10.8. The Balaban J connectivity index is 1.68. The van der Waals surface area contributed by atoms with Gasteiger partial charge in [0, 0.05) is 70.1 Å². The van der Waals surface area contributed by atoms with E-state index in [0.29, 0.717) is 69.3 Å². The predicted octanol–water partition coefficient (Wildman–Crippen LogP) is 7.10. The largest absolute Gasteiger partial charge is 0.460 e. The van der Waals surface area contributed by atoms with E-state index in [1.807, 2.05) is 58.1 Å². The van der Waals surface area contributed by atoms with Gasteiger partial charge < -0.3 is 49.7 Å². The van der Waals surface area contributed by atoms with E-state index >= 15 is 0 Å². The minimum Gasteiger partial charge on any atom is -0.460 e. The number of unbranched alkanes of at least 4 members (excludes halogenated alkanes) is 2. The van der Waals surface area contributed by atoms with E-state index in [4.69, 9.17) is 36.0 Å². The van der Waals surface area contributed by atoms with Crippen molar-refractivity contribution in [3.8, 4) is 12.3 Å². The zero-order chi connectivity index (χ0) is 52.4. The van der Waals surface area contributed by atoms with E-state index in [0.717, 1.165) is 37.7 Å². The zero-order valence-corrected chi connectivity index (χ0v) is 44.1. The first-order chi connectivity index (χ1) is 33.8. The smallest absolute Gasteiger partial charge is 0.329 e. The van der Waals surface area contributed by atoms with Crippen molar-refractivity contribution in [3.05, 3.63) is 47.6 Å². The van der Waals surface area contributed by atoms with Crippen LogP contribution in [0.4, 0.5) is 0 Å². The number of nitrogens with two attached hydrogens (primary N) is 1. The van der Waals surface area contributed by atoms with Crippen LogP contribution >= 0.6 is 0 Å². The number of piperidine rings is 1. The van der Waals surface area contributed by atoms with Crippen LogP contribution in [0.2, 0.25) is 0 Å². The first-order valence-electron chi connectivity index (χ1n) is 26.2. The van der Waals surface area contributed by atoms with Gasteiger partial charge in [0.05, 0.1) is 24.4 Å². The van der Waals surface area contributed by atoms with Crippen molar-refractivity contribution in [1.29, 1.82) is 0 Å². The SMILES string of the molecule is C#CCCCCO[C@@H]1CC[C@@H](C[C@@H](C)[C@@H]2C/C(=N/N)[C@H](C)/C=C(\C)[C@@H](O)[C@@H](O)C(=O)[C@H](C)C[C@H](C)/C=C/C=C/C=C(\C)[C@@H](OC)C[C@@H]3CC[C@@H](C)[C@@](O)(O3)C(=O)C(=O)N3CCCC[C@H]3C(=O)O2)C[C@H]1OC. The Kier molecular flexibility index (Phi) is 24.3. The van der Waals surface area contributed by atoms with Crippen LogP contribution in [0.5, 0.6) is 0 Å². The summed E-state index contributed by atoms with van der Waals surface area (Å²) >= 11 is 0. The number of Topliss-reactive ketones (excluding diaryl/α,β-unsaturated/α-hetero) is 2. The van der Waals surface area contributed by atoms with E-state index in [1.165, 1.54) is 4.90 Å². The summed E-state index contributed by atoms with van der Waals surface area (Å²) in [5.41, 5.74) is 1.67. The number of nitrogens with zero attached hydrogens (tertiary/aromatic N) is 2. The third-order valence-electron chi connectivity index (χ3n) is 15.5. The van der Waals surface area contributed by atoms with Crippen molar-refractivity contribution in [2.24, 2.45) is 46.5 Å². The minimum absolute atomic E-state index is 0.0228. The molecular weight excluding hydrogens is 907 g/mol. The molecule has 15 atom stereocenters. The van der Waals surface area contributed by atoms with Crippen molar-refractivity contribution < 1.29 is 58.2 Å². The van der Waals surface area contributed by atoms with Crippen LogP contribution < -0.4 is 5.84 Å². The number of aliphatic hydroxyl groups is 3. The van der Waals surface area contributed by atoms with Crippen LogP contribution in [0.1, 0.15) is 145 Å². The molecule has 15 heteroatoms. The number of amides is 1. The summed E-state index contributed by atoms with van der Waals surface area (Å²) in [6.07, 6.45) is 20.2. The first kappa shape index (κ1) is 59.6. The molecule has 4 aliphatic rings. The minimum atomic E-state index is -2.42. The second-order valence-electron chi connectivity index (χ2n) is 21.0. The molecule has 3 heterocycles. The molecule has 5 N–H and O–H groups in total. The van der Waals surface area contributed by atoms with Gasteiger partial charge in [-0.1, -0.05) is 71.1 Å². The highest BCUT2D eigenvalue weighted by atomic mass is 16.6. The monoisotopic (exact) mass is 994 g/mol.